The van der Waals surface area contributed by atoms with E-state index in [1.165, 1.54) is 12.1 Å². The third-order valence-corrected chi connectivity index (χ3v) is 2.88. The Hall–Kier alpha value is -1.74. The van der Waals surface area contributed by atoms with Gasteiger partial charge in [0.1, 0.15) is 11.6 Å². The monoisotopic (exact) mass is 247 g/mol. The van der Waals surface area contributed by atoms with Crippen LogP contribution in [0, 0.1) is 18.6 Å². The van der Waals surface area contributed by atoms with Crippen molar-refractivity contribution < 1.29 is 8.78 Å². The molecule has 0 saturated carbocycles. The third-order valence-electron chi connectivity index (χ3n) is 2.88. The van der Waals surface area contributed by atoms with Crippen molar-refractivity contribution in [1.82, 2.24) is 5.32 Å². The molecule has 0 aliphatic heterocycles. The molecule has 0 heterocycles. The molecular weight excluding hydrogens is 232 g/mol. The van der Waals surface area contributed by atoms with Crippen LogP contribution in [0.5, 0.6) is 0 Å². The predicted molar refractivity (Wildman–Crippen MR) is 69.3 cm³/mol. The minimum absolute atomic E-state index is 0.0490. The number of hydrogen-bond donors (Lipinski definition) is 1. The minimum atomic E-state index is -0.528. The number of benzene rings is 2. The van der Waals surface area contributed by atoms with Gasteiger partial charge < -0.3 is 5.32 Å². The molecular formula is C15H15F2N. The van der Waals surface area contributed by atoms with E-state index < -0.39 is 11.6 Å². The maximum Gasteiger partial charge on any atom is 0.136 e. The van der Waals surface area contributed by atoms with E-state index in [2.05, 4.69) is 5.32 Å². The average Bonchev–Trinajstić information content (AvgIpc) is 2.35. The molecule has 0 aromatic heterocycles. The number of aryl methyl sites for hydroxylation is 1. The highest BCUT2D eigenvalue weighted by molar-refractivity contribution is 5.66. The lowest BCUT2D eigenvalue weighted by Gasteiger charge is -2.09. The molecule has 0 aliphatic carbocycles. The molecule has 0 radical (unpaired) electrons. The van der Waals surface area contributed by atoms with Gasteiger partial charge in [-0.1, -0.05) is 24.3 Å². The summed E-state index contributed by atoms with van der Waals surface area (Å²) < 4.78 is 27.8. The van der Waals surface area contributed by atoms with Gasteiger partial charge in [-0.05, 0) is 42.8 Å². The smallest absolute Gasteiger partial charge is 0.136 e. The van der Waals surface area contributed by atoms with E-state index >= 15 is 0 Å². The van der Waals surface area contributed by atoms with Crippen LogP contribution in [0.25, 0.3) is 11.1 Å². The lowest BCUT2D eigenvalue weighted by atomic mass is 10.00. The first-order chi connectivity index (χ1) is 8.63. The Morgan fingerprint density at radius 2 is 1.89 bits per heavy atom. The van der Waals surface area contributed by atoms with E-state index in [4.69, 9.17) is 0 Å². The largest absolute Gasteiger partial charge is 0.316 e. The normalized spacial score (nSPS) is 10.7. The summed E-state index contributed by atoms with van der Waals surface area (Å²) in [7, 11) is 1.83. The first kappa shape index (κ1) is 12.7. The molecule has 1 N–H and O–H groups in total. The fraction of sp³-hybridized carbons (Fsp3) is 0.200. The number of nitrogens with one attached hydrogen (secondary N) is 1. The van der Waals surface area contributed by atoms with Gasteiger partial charge in [0.25, 0.3) is 0 Å². The highest BCUT2D eigenvalue weighted by atomic mass is 19.1. The minimum Gasteiger partial charge on any atom is -0.316 e. The topological polar surface area (TPSA) is 12.0 Å². The highest BCUT2D eigenvalue weighted by Gasteiger charge is 2.13. The van der Waals surface area contributed by atoms with Crippen molar-refractivity contribution in [2.24, 2.45) is 0 Å². The van der Waals surface area contributed by atoms with Gasteiger partial charge in [-0.15, -0.1) is 0 Å². The Bertz CT molecular complexity index is 564. The molecule has 0 aliphatic rings. The molecule has 0 atom stereocenters. The average molecular weight is 247 g/mol. The molecule has 18 heavy (non-hydrogen) atoms. The van der Waals surface area contributed by atoms with E-state index in [-0.39, 0.29) is 5.56 Å². The summed E-state index contributed by atoms with van der Waals surface area (Å²) in [6.07, 6.45) is 0. The standard InChI is InChI=1S/C15H15F2N/c1-10-6-7-13(16)14(15(10)17)12-5-3-4-11(8-12)9-18-2/h3-8,18H,9H2,1-2H3. The van der Waals surface area contributed by atoms with Crippen LogP contribution in [0.1, 0.15) is 11.1 Å². The van der Waals surface area contributed by atoms with Crippen molar-refractivity contribution in [3.05, 3.63) is 59.2 Å². The molecule has 3 heteroatoms. The van der Waals surface area contributed by atoms with E-state index in [0.717, 1.165) is 5.56 Å². The van der Waals surface area contributed by atoms with E-state index in [9.17, 15) is 8.78 Å². The van der Waals surface area contributed by atoms with Crippen molar-refractivity contribution in [1.29, 1.82) is 0 Å². The van der Waals surface area contributed by atoms with Crippen LogP contribution in [0.15, 0.2) is 36.4 Å². The van der Waals surface area contributed by atoms with Crippen molar-refractivity contribution in [3.8, 4) is 11.1 Å². The third kappa shape index (κ3) is 2.41. The maximum atomic E-state index is 14.0. The van der Waals surface area contributed by atoms with E-state index in [1.54, 1.807) is 19.1 Å². The quantitative estimate of drug-likeness (QED) is 0.872. The van der Waals surface area contributed by atoms with Gasteiger partial charge in [0.05, 0.1) is 5.56 Å². The van der Waals surface area contributed by atoms with Crippen LogP contribution in [0.4, 0.5) is 8.78 Å². The van der Waals surface area contributed by atoms with Crippen molar-refractivity contribution >= 4 is 0 Å². The first-order valence-corrected chi connectivity index (χ1v) is 5.82. The Morgan fingerprint density at radius 3 is 2.61 bits per heavy atom. The number of halogens is 2. The SMILES string of the molecule is CNCc1cccc(-c2c(F)ccc(C)c2F)c1. The summed E-state index contributed by atoms with van der Waals surface area (Å²) in [6, 6.07) is 10.0. The van der Waals surface area contributed by atoms with Crippen LogP contribution < -0.4 is 5.32 Å². The van der Waals surface area contributed by atoms with Gasteiger partial charge >= 0.3 is 0 Å². The molecule has 0 saturated heterocycles. The molecule has 0 amide bonds. The first-order valence-electron chi connectivity index (χ1n) is 5.82. The van der Waals surface area contributed by atoms with Crippen LogP contribution in [0.2, 0.25) is 0 Å². The van der Waals surface area contributed by atoms with Gasteiger partial charge in [-0.25, -0.2) is 8.78 Å². The second-order valence-electron chi connectivity index (χ2n) is 4.28. The van der Waals surface area contributed by atoms with Gasteiger partial charge in [0, 0.05) is 6.54 Å². The summed E-state index contributed by atoms with van der Waals surface area (Å²) in [5.74, 6) is -1.02. The summed E-state index contributed by atoms with van der Waals surface area (Å²) in [6.45, 7) is 2.30. The van der Waals surface area contributed by atoms with Crippen LogP contribution >= 0.6 is 0 Å². The molecule has 0 fully saturated rings. The van der Waals surface area contributed by atoms with E-state index in [0.29, 0.717) is 17.7 Å². The number of rotatable bonds is 3. The van der Waals surface area contributed by atoms with Crippen LogP contribution in [-0.2, 0) is 6.54 Å². The van der Waals surface area contributed by atoms with Crippen LogP contribution in [-0.4, -0.2) is 7.05 Å². The molecule has 0 unspecified atom stereocenters. The second kappa shape index (κ2) is 5.27. The van der Waals surface area contributed by atoms with Gasteiger partial charge in [-0.2, -0.15) is 0 Å². The zero-order valence-corrected chi connectivity index (χ0v) is 10.4. The van der Waals surface area contributed by atoms with Crippen LogP contribution in [0.3, 0.4) is 0 Å². The molecule has 2 aromatic rings. The Kier molecular flexibility index (Phi) is 3.72. The van der Waals surface area contributed by atoms with Crippen molar-refractivity contribution in [2.75, 3.05) is 7.05 Å². The number of hydrogen-bond acceptors (Lipinski definition) is 1. The molecule has 1 nitrogen and oxygen atoms in total. The lowest BCUT2D eigenvalue weighted by molar-refractivity contribution is 0.583. The fourth-order valence-electron chi connectivity index (χ4n) is 1.96. The molecule has 2 aromatic carbocycles. The predicted octanol–water partition coefficient (Wildman–Crippen LogP) is 3.66. The van der Waals surface area contributed by atoms with Crippen molar-refractivity contribution in [2.45, 2.75) is 13.5 Å². The van der Waals surface area contributed by atoms with Crippen molar-refractivity contribution in [3.63, 3.8) is 0 Å². The van der Waals surface area contributed by atoms with E-state index in [1.807, 2.05) is 19.2 Å². The maximum absolute atomic E-state index is 14.0. The van der Waals surface area contributed by atoms with Gasteiger partial charge in [-0.3, -0.25) is 0 Å². The summed E-state index contributed by atoms with van der Waals surface area (Å²) in [4.78, 5) is 0. The molecule has 0 spiro atoms. The molecule has 94 valence electrons. The Morgan fingerprint density at radius 1 is 1.11 bits per heavy atom. The van der Waals surface area contributed by atoms with Gasteiger partial charge in [0.15, 0.2) is 0 Å². The fourth-order valence-corrected chi connectivity index (χ4v) is 1.96. The summed E-state index contributed by atoms with van der Waals surface area (Å²) >= 11 is 0. The Labute approximate surface area is 105 Å². The molecule has 2 rings (SSSR count). The zero-order chi connectivity index (χ0) is 13.1. The summed E-state index contributed by atoms with van der Waals surface area (Å²) in [5.41, 5.74) is 2.06. The molecule has 0 bridgehead atoms. The Balaban J connectivity index is 2.55. The van der Waals surface area contributed by atoms with Gasteiger partial charge in [0.2, 0.25) is 0 Å². The summed E-state index contributed by atoms with van der Waals surface area (Å²) in [5, 5.41) is 3.02. The highest BCUT2D eigenvalue weighted by Crippen LogP contribution is 2.28. The second-order valence-corrected chi connectivity index (χ2v) is 4.28. The zero-order valence-electron chi connectivity index (χ0n) is 10.4. The lowest BCUT2D eigenvalue weighted by Crippen LogP contribution is -2.05.